The summed E-state index contributed by atoms with van der Waals surface area (Å²) in [5, 5.41) is 8.84. The fraction of sp³-hybridized carbons (Fsp3) is 0.533. The van der Waals surface area contributed by atoms with E-state index >= 15 is 0 Å². The summed E-state index contributed by atoms with van der Waals surface area (Å²) in [6, 6.07) is 6.44. The zero-order valence-electron chi connectivity index (χ0n) is 11.9. The minimum absolute atomic E-state index is 0.154. The standard InChI is InChI=1S/C15H19N5O/c16-6-5-15(21)19-9-12-2-3-13(10-19)20(12)14-4-1-11(7-17)8-18-14/h1,4,8,12-13H,2-3,5-6,9-10,16H2/t12-,13?/m0/s1. The van der Waals surface area contributed by atoms with Gasteiger partial charge in [0.05, 0.1) is 5.56 Å². The number of fused-ring (bicyclic) bond motifs is 2. The number of piperazine rings is 1. The topological polar surface area (TPSA) is 86.2 Å². The second kappa shape index (κ2) is 5.70. The smallest absolute Gasteiger partial charge is 0.223 e. The molecule has 0 saturated carbocycles. The molecule has 2 aliphatic heterocycles. The number of nitriles is 1. The molecule has 0 radical (unpaired) electrons. The molecule has 6 heteroatoms. The third kappa shape index (κ3) is 2.57. The molecule has 2 fully saturated rings. The van der Waals surface area contributed by atoms with E-state index in [1.54, 1.807) is 12.3 Å². The zero-order chi connectivity index (χ0) is 14.8. The Balaban J connectivity index is 1.75. The lowest BCUT2D eigenvalue weighted by atomic mass is 10.1. The summed E-state index contributed by atoms with van der Waals surface area (Å²) in [7, 11) is 0. The molecule has 0 spiro atoms. The summed E-state index contributed by atoms with van der Waals surface area (Å²) >= 11 is 0. The van der Waals surface area contributed by atoms with E-state index in [2.05, 4.69) is 16.0 Å². The van der Waals surface area contributed by atoms with Crippen molar-refractivity contribution in [1.29, 1.82) is 5.26 Å². The fourth-order valence-electron chi connectivity index (χ4n) is 3.37. The van der Waals surface area contributed by atoms with Gasteiger partial charge in [0.25, 0.3) is 0 Å². The van der Waals surface area contributed by atoms with Crippen molar-refractivity contribution in [3.8, 4) is 6.07 Å². The van der Waals surface area contributed by atoms with Crippen molar-refractivity contribution in [3.63, 3.8) is 0 Å². The molecule has 2 bridgehead atoms. The van der Waals surface area contributed by atoms with Crippen molar-refractivity contribution in [2.24, 2.45) is 5.73 Å². The Morgan fingerprint density at radius 1 is 1.38 bits per heavy atom. The van der Waals surface area contributed by atoms with Crippen LogP contribution in [0.2, 0.25) is 0 Å². The Morgan fingerprint density at radius 3 is 2.62 bits per heavy atom. The molecule has 6 nitrogen and oxygen atoms in total. The Kier molecular flexibility index (Phi) is 3.76. The second-order valence-corrected chi connectivity index (χ2v) is 5.65. The van der Waals surface area contributed by atoms with E-state index in [1.807, 2.05) is 11.0 Å². The summed E-state index contributed by atoms with van der Waals surface area (Å²) in [5.41, 5.74) is 6.04. The van der Waals surface area contributed by atoms with Gasteiger partial charge in [-0.25, -0.2) is 4.98 Å². The quantitative estimate of drug-likeness (QED) is 0.873. The summed E-state index contributed by atoms with van der Waals surface area (Å²) in [5.74, 6) is 1.06. The molecule has 21 heavy (non-hydrogen) atoms. The number of carbonyl (C=O) groups excluding carboxylic acids is 1. The number of nitrogens with two attached hydrogens (primary N) is 1. The maximum Gasteiger partial charge on any atom is 0.223 e. The lowest BCUT2D eigenvalue weighted by Crippen LogP contribution is -2.55. The second-order valence-electron chi connectivity index (χ2n) is 5.65. The normalized spacial score (nSPS) is 24.0. The molecule has 1 aromatic heterocycles. The Labute approximate surface area is 124 Å². The van der Waals surface area contributed by atoms with Crippen molar-refractivity contribution in [1.82, 2.24) is 9.88 Å². The molecule has 110 valence electrons. The largest absolute Gasteiger partial charge is 0.347 e. The highest BCUT2D eigenvalue weighted by atomic mass is 16.2. The third-order valence-electron chi connectivity index (χ3n) is 4.33. The number of rotatable bonds is 3. The van der Waals surface area contributed by atoms with Crippen LogP contribution in [0.5, 0.6) is 0 Å². The van der Waals surface area contributed by atoms with Crippen molar-refractivity contribution >= 4 is 11.7 Å². The van der Waals surface area contributed by atoms with Crippen molar-refractivity contribution < 1.29 is 4.79 Å². The first-order valence-electron chi connectivity index (χ1n) is 7.35. The van der Waals surface area contributed by atoms with E-state index < -0.39 is 0 Å². The molecular weight excluding hydrogens is 266 g/mol. The highest BCUT2D eigenvalue weighted by molar-refractivity contribution is 5.77. The zero-order valence-corrected chi connectivity index (χ0v) is 11.9. The van der Waals surface area contributed by atoms with Gasteiger partial charge in [-0.05, 0) is 25.0 Å². The first-order valence-corrected chi connectivity index (χ1v) is 7.35. The van der Waals surface area contributed by atoms with Crippen LogP contribution in [0.25, 0.3) is 0 Å². The predicted molar refractivity (Wildman–Crippen MR) is 78.5 cm³/mol. The van der Waals surface area contributed by atoms with Gasteiger partial charge in [-0.3, -0.25) is 4.79 Å². The van der Waals surface area contributed by atoms with Gasteiger partial charge in [-0.15, -0.1) is 0 Å². The van der Waals surface area contributed by atoms with E-state index in [1.165, 1.54) is 0 Å². The summed E-state index contributed by atoms with van der Waals surface area (Å²) < 4.78 is 0. The fourth-order valence-corrected chi connectivity index (χ4v) is 3.37. The molecule has 2 atom stereocenters. The molecule has 1 aromatic rings. The number of anilines is 1. The lowest BCUT2D eigenvalue weighted by Gasteiger charge is -2.41. The number of amides is 1. The van der Waals surface area contributed by atoms with Crippen molar-refractivity contribution in [3.05, 3.63) is 23.9 Å². The van der Waals surface area contributed by atoms with Crippen LogP contribution in [0.1, 0.15) is 24.8 Å². The molecule has 2 aliphatic rings. The van der Waals surface area contributed by atoms with E-state index in [9.17, 15) is 4.79 Å². The van der Waals surface area contributed by atoms with Crippen LogP contribution >= 0.6 is 0 Å². The minimum Gasteiger partial charge on any atom is -0.347 e. The molecule has 2 saturated heterocycles. The Morgan fingerprint density at radius 2 is 2.10 bits per heavy atom. The van der Waals surface area contributed by atoms with E-state index in [0.29, 0.717) is 30.6 Å². The van der Waals surface area contributed by atoms with Crippen molar-refractivity contribution in [2.45, 2.75) is 31.3 Å². The Bertz CT molecular complexity index is 550. The molecular formula is C15H19N5O. The van der Waals surface area contributed by atoms with Gasteiger partial charge in [0, 0.05) is 44.3 Å². The SMILES string of the molecule is N#Cc1ccc(N2C3CC[C@H]2CN(C(=O)CCN)C3)nc1. The Hall–Kier alpha value is -2.13. The maximum absolute atomic E-state index is 12.0. The van der Waals surface area contributed by atoms with Crippen molar-refractivity contribution in [2.75, 3.05) is 24.5 Å². The van der Waals surface area contributed by atoms with Gasteiger partial charge >= 0.3 is 0 Å². The van der Waals surface area contributed by atoms with Crippen LogP contribution in [0.15, 0.2) is 18.3 Å². The van der Waals surface area contributed by atoms with Gasteiger partial charge in [0.15, 0.2) is 0 Å². The highest BCUT2D eigenvalue weighted by Gasteiger charge is 2.41. The first-order chi connectivity index (χ1) is 10.2. The number of hydrogen-bond acceptors (Lipinski definition) is 5. The first kappa shape index (κ1) is 13.8. The number of carbonyl (C=O) groups is 1. The molecule has 1 amide bonds. The van der Waals surface area contributed by atoms with Crippen LogP contribution in [0.3, 0.4) is 0 Å². The number of pyridine rings is 1. The van der Waals surface area contributed by atoms with Gasteiger partial charge in [-0.1, -0.05) is 0 Å². The van der Waals surface area contributed by atoms with Gasteiger partial charge in [0.1, 0.15) is 11.9 Å². The van der Waals surface area contributed by atoms with Crippen LogP contribution in [-0.2, 0) is 4.79 Å². The van der Waals surface area contributed by atoms with Gasteiger partial charge in [-0.2, -0.15) is 5.26 Å². The molecule has 3 heterocycles. The number of aromatic nitrogens is 1. The molecule has 1 unspecified atom stereocenters. The van der Waals surface area contributed by atoms with E-state index in [-0.39, 0.29) is 5.91 Å². The number of nitrogens with zero attached hydrogens (tertiary/aromatic N) is 4. The molecule has 0 aliphatic carbocycles. The van der Waals surface area contributed by atoms with Gasteiger partial charge in [0.2, 0.25) is 5.91 Å². The van der Waals surface area contributed by atoms with Crippen LogP contribution < -0.4 is 10.6 Å². The highest BCUT2D eigenvalue weighted by Crippen LogP contribution is 2.33. The summed E-state index contributed by atoms with van der Waals surface area (Å²) in [6.07, 6.45) is 4.20. The molecule has 2 N–H and O–H groups in total. The summed E-state index contributed by atoms with van der Waals surface area (Å²) in [4.78, 5) is 20.7. The predicted octanol–water partition coefficient (Wildman–Crippen LogP) is 0.482. The average molecular weight is 285 g/mol. The lowest BCUT2D eigenvalue weighted by molar-refractivity contribution is -0.131. The third-order valence-corrected chi connectivity index (χ3v) is 4.33. The van der Waals surface area contributed by atoms with E-state index in [4.69, 9.17) is 11.0 Å². The van der Waals surface area contributed by atoms with Gasteiger partial charge < -0.3 is 15.5 Å². The van der Waals surface area contributed by atoms with Crippen LogP contribution in [0, 0.1) is 11.3 Å². The monoisotopic (exact) mass is 285 g/mol. The summed E-state index contributed by atoms with van der Waals surface area (Å²) in [6.45, 7) is 1.90. The molecule has 0 aromatic carbocycles. The average Bonchev–Trinajstić information content (AvgIpc) is 2.77. The number of likely N-dealkylation sites (tertiary alicyclic amines) is 1. The maximum atomic E-state index is 12.0. The van der Waals surface area contributed by atoms with E-state index in [0.717, 1.165) is 31.7 Å². The van der Waals surface area contributed by atoms with Crippen LogP contribution in [-0.4, -0.2) is 47.5 Å². The van der Waals surface area contributed by atoms with Crippen LogP contribution in [0.4, 0.5) is 5.82 Å². The number of hydrogen-bond donors (Lipinski definition) is 1. The molecule has 3 rings (SSSR count). The minimum atomic E-state index is 0.154.